The van der Waals surface area contributed by atoms with E-state index in [2.05, 4.69) is 50.4 Å². The fourth-order valence-corrected chi connectivity index (χ4v) is 11.2. The maximum absolute atomic E-state index is 13.6. The van der Waals surface area contributed by atoms with Crippen molar-refractivity contribution >= 4 is 19.7 Å². The molecule has 0 spiro atoms. The molecule has 0 aromatic carbocycles. The average molecular weight is 1150 g/mol. The number of phosphoric ester groups is 1. The number of rotatable bonds is 64. The van der Waals surface area contributed by atoms with Gasteiger partial charge in [-0.1, -0.05) is 308 Å². The second-order valence-electron chi connectivity index (χ2n) is 25.0. The van der Waals surface area contributed by atoms with Crippen LogP contribution in [0.15, 0.2) is 36.5 Å². The number of unbranched alkanes of at least 4 members (excludes halogenated alkanes) is 44. The molecule has 0 rings (SSSR count). The fraction of sp³-hybridized carbons (Fsp3) is 0.886. The lowest BCUT2D eigenvalue weighted by Gasteiger charge is -2.30. The fourth-order valence-electron chi connectivity index (χ4n) is 10.4. The number of phosphoric acid groups is 1. The van der Waals surface area contributed by atoms with Crippen molar-refractivity contribution in [1.29, 1.82) is 0 Å². The molecule has 472 valence electrons. The lowest BCUT2D eigenvalue weighted by Crippen LogP contribution is -2.47. The summed E-state index contributed by atoms with van der Waals surface area (Å²) >= 11 is 0. The van der Waals surface area contributed by atoms with E-state index < -0.39 is 20.0 Å². The first-order chi connectivity index (χ1) is 38.9. The van der Waals surface area contributed by atoms with Crippen LogP contribution in [0.2, 0.25) is 0 Å². The van der Waals surface area contributed by atoms with Gasteiger partial charge < -0.3 is 28.5 Å². The van der Waals surface area contributed by atoms with Crippen LogP contribution < -0.4 is 10.2 Å². The Bertz CT molecular complexity index is 1460. The summed E-state index contributed by atoms with van der Waals surface area (Å²) in [5.41, 5.74) is 0. The van der Waals surface area contributed by atoms with E-state index in [0.717, 1.165) is 64.2 Å². The van der Waals surface area contributed by atoms with E-state index in [-0.39, 0.29) is 31.5 Å². The Labute approximate surface area is 497 Å². The number of likely N-dealkylation sites (N-methyl/N-ethyl adjacent to an activating group) is 1. The Morgan fingerprint density at radius 3 is 1.15 bits per heavy atom. The number of carbonyl (C=O) groups is 2. The first kappa shape index (κ1) is 78.2. The molecule has 9 nitrogen and oxygen atoms in total. The van der Waals surface area contributed by atoms with Crippen molar-refractivity contribution < 1.29 is 37.3 Å². The summed E-state index contributed by atoms with van der Waals surface area (Å²) in [5.74, 6) is -0.521. The monoisotopic (exact) mass is 1150 g/mol. The predicted octanol–water partition coefficient (Wildman–Crippen LogP) is 21.2. The zero-order valence-corrected chi connectivity index (χ0v) is 54.9. The molecule has 0 fully saturated rings. The number of allylic oxidation sites excluding steroid dienone is 5. The number of hydrogen-bond acceptors (Lipinski definition) is 7. The highest BCUT2D eigenvalue weighted by atomic mass is 31.2. The van der Waals surface area contributed by atoms with Crippen molar-refractivity contribution in [2.45, 2.75) is 360 Å². The molecule has 0 aromatic heterocycles. The number of hydrogen-bond donors (Lipinski definition) is 1. The van der Waals surface area contributed by atoms with E-state index in [1.165, 1.54) is 250 Å². The molecule has 3 atom stereocenters. The number of nitrogens with zero attached hydrogens (tertiary/aromatic N) is 1. The van der Waals surface area contributed by atoms with Gasteiger partial charge in [0.1, 0.15) is 19.3 Å². The minimum absolute atomic E-state index is 0.0189. The van der Waals surface area contributed by atoms with Crippen LogP contribution in [0.1, 0.15) is 348 Å². The summed E-state index contributed by atoms with van der Waals surface area (Å²) in [6, 6.07) is -0.884. The van der Waals surface area contributed by atoms with Gasteiger partial charge in [-0.3, -0.25) is 14.2 Å². The lowest BCUT2D eigenvalue weighted by atomic mass is 10.0. The van der Waals surface area contributed by atoms with Gasteiger partial charge in [-0.2, -0.15) is 0 Å². The highest BCUT2D eigenvalue weighted by Crippen LogP contribution is 2.38. The van der Waals surface area contributed by atoms with E-state index in [9.17, 15) is 19.0 Å². The summed E-state index contributed by atoms with van der Waals surface area (Å²) in [4.78, 5) is 40.1. The molecule has 1 amide bonds. The number of amides is 1. The maximum atomic E-state index is 13.6. The molecule has 0 saturated carbocycles. The standard InChI is InChI=1S/C70H135N2O7P/c1-7-10-13-16-19-22-25-28-30-32-33-34-35-36-37-38-39-41-43-45-48-51-54-57-60-63-70(74)79-68(61-58-55-52-49-46-27-24-21-18-15-12-9-3)67(66-78-80(75,76)77-65-64-72(4,5)6)71-69(73)62-59-56-53-50-47-44-42-40-31-29-26-23-20-17-14-11-8-2/h19,22,28,30,58,61,67-68H,7-18,20-21,23-27,29,31-57,59-60,62-66H2,1-6H3,(H-,71,73,75,76)/b22-19-,30-28-,61-58+. The second-order valence-corrected chi connectivity index (χ2v) is 26.5. The molecular weight excluding hydrogens is 1010 g/mol. The molecule has 0 bridgehead atoms. The van der Waals surface area contributed by atoms with E-state index in [1.54, 1.807) is 0 Å². The maximum Gasteiger partial charge on any atom is 0.306 e. The molecule has 1 N–H and O–H groups in total. The number of esters is 1. The first-order valence-electron chi connectivity index (χ1n) is 34.8. The van der Waals surface area contributed by atoms with Gasteiger partial charge in [0.25, 0.3) is 7.82 Å². The predicted molar refractivity (Wildman–Crippen MR) is 344 cm³/mol. The normalized spacial score (nSPS) is 13.7. The third-order valence-electron chi connectivity index (χ3n) is 15.8. The van der Waals surface area contributed by atoms with Crippen LogP contribution in [-0.4, -0.2) is 69.4 Å². The summed E-state index contributed by atoms with van der Waals surface area (Å²) in [6.07, 6.45) is 74.0. The molecule has 0 heterocycles. The summed E-state index contributed by atoms with van der Waals surface area (Å²) in [7, 11) is 1.20. The first-order valence-corrected chi connectivity index (χ1v) is 36.3. The van der Waals surface area contributed by atoms with Crippen molar-refractivity contribution in [2.24, 2.45) is 0 Å². The number of quaternary nitrogens is 1. The van der Waals surface area contributed by atoms with Crippen LogP contribution >= 0.6 is 7.82 Å². The third kappa shape index (κ3) is 60.8. The van der Waals surface area contributed by atoms with Crippen molar-refractivity contribution in [3.63, 3.8) is 0 Å². The minimum atomic E-state index is -4.70. The summed E-state index contributed by atoms with van der Waals surface area (Å²) in [6.45, 7) is 6.87. The van der Waals surface area contributed by atoms with Crippen LogP contribution in [-0.2, 0) is 27.9 Å². The summed E-state index contributed by atoms with van der Waals surface area (Å²) < 4.78 is 30.4. The molecular formula is C70H135N2O7P. The zero-order valence-electron chi connectivity index (χ0n) is 54.1. The van der Waals surface area contributed by atoms with Gasteiger partial charge >= 0.3 is 5.97 Å². The number of ether oxygens (including phenoxy) is 1. The molecule has 0 aliphatic heterocycles. The van der Waals surface area contributed by atoms with Gasteiger partial charge in [0.15, 0.2) is 0 Å². The third-order valence-corrected chi connectivity index (χ3v) is 16.8. The zero-order chi connectivity index (χ0) is 58.6. The largest absolute Gasteiger partial charge is 0.756 e. The molecule has 0 aliphatic carbocycles. The second kappa shape index (κ2) is 60.4. The highest BCUT2D eigenvalue weighted by Gasteiger charge is 2.27. The average Bonchev–Trinajstić information content (AvgIpc) is 3.42. The minimum Gasteiger partial charge on any atom is -0.756 e. The van der Waals surface area contributed by atoms with Gasteiger partial charge in [0.05, 0.1) is 33.8 Å². The molecule has 0 radical (unpaired) electrons. The van der Waals surface area contributed by atoms with Crippen molar-refractivity contribution in [1.82, 2.24) is 5.32 Å². The van der Waals surface area contributed by atoms with Crippen LogP contribution in [0.25, 0.3) is 0 Å². The van der Waals surface area contributed by atoms with Crippen molar-refractivity contribution in [3.8, 4) is 0 Å². The molecule has 0 aromatic rings. The molecule has 0 aliphatic rings. The van der Waals surface area contributed by atoms with Gasteiger partial charge in [-0.05, 0) is 63.9 Å². The topological polar surface area (TPSA) is 114 Å². The summed E-state index contributed by atoms with van der Waals surface area (Å²) in [5, 5.41) is 3.05. The van der Waals surface area contributed by atoms with Gasteiger partial charge in [0, 0.05) is 12.8 Å². The molecule has 3 unspecified atom stereocenters. The van der Waals surface area contributed by atoms with Crippen LogP contribution in [0.5, 0.6) is 0 Å². The highest BCUT2D eigenvalue weighted by molar-refractivity contribution is 7.45. The van der Waals surface area contributed by atoms with E-state index >= 15 is 0 Å². The van der Waals surface area contributed by atoms with Gasteiger partial charge in [-0.15, -0.1) is 0 Å². The van der Waals surface area contributed by atoms with Crippen molar-refractivity contribution in [3.05, 3.63) is 36.5 Å². The van der Waals surface area contributed by atoms with Gasteiger partial charge in [0.2, 0.25) is 5.91 Å². The number of carbonyl (C=O) groups excluding carboxylic acids is 2. The van der Waals surface area contributed by atoms with Crippen LogP contribution in [0, 0.1) is 0 Å². The lowest BCUT2D eigenvalue weighted by molar-refractivity contribution is -0.870. The number of nitrogens with one attached hydrogen (secondary N) is 1. The Morgan fingerprint density at radius 1 is 0.438 bits per heavy atom. The molecule has 80 heavy (non-hydrogen) atoms. The Morgan fingerprint density at radius 2 is 0.762 bits per heavy atom. The van der Waals surface area contributed by atoms with Crippen LogP contribution in [0.4, 0.5) is 0 Å². The van der Waals surface area contributed by atoms with Gasteiger partial charge in [-0.25, -0.2) is 0 Å². The van der Waals surface area contributed by atoms with E-state index in [1.807, 2.05) is 33.3 Å². The smallest absolute Gasteiger partial charge is 0.306 e. The quantitative estimate of drug-likeness (QED) is 0.0212. The Hall–Kier alpha value is -1.77. The Balaban J connectivity index is 5.03. The van der Waals surface area contributed by atoms with E-state index in [0.29, 0.717) is 17.4 Å². The van der Waals surface area contributed by atoms with Crippen molar-refractivity contribution in [2.75, 3.05) is 40.9 Å². The Kier molecular flexibility index (Phi) is 59.0. The SMILES string of the molecule is CCCCC/C=C\C/C=C\CCCCCCCCCCCCCCCCCC(=O)OC(/C=C/CCCCCCCCCCCC)C(COP(=O)([O-])OCC[N+](C)(C)C)NC(=O)CCCCCCCCCCCCCCCCCCC. The molecule has 0 saturated heterocycles. The van der Waals surface area contributed by atoms with E-state index in [4.69, 9.17) is 13.8 Å². The van der Waals surface area contributed by atoms with Crippen LogP contribution in [0.3, 0.4) is 0 Å². The molecule has 10 heteroatoms.